The van der Waals surface area contributed by atoms with Crippen molar-refractivity contribution in [1.29, 1.82) is 0 Å². The first-order valence-electron chi connectivity index (χ1n) is 4.69. The lowest BCUT2D eigenvalue weighted by Crippen LogP contribution is -2.27. The number of carbonyl (C=O) groups is 1. The van der Waals surface area contributed by atoms with Gasteiger partial charge in [-0.3, -0.25) is 0 Å². The summed E-state index contributed by atoms with van der Waals surface area (Å²) < 4.78 is 10.1. The minimum absolute atomic E-state index is 0.117. The highest BCUT2D eigenvalue weighted by molar-refractivity contribution is 6.30. The molecule has 0 atom stereocenters. The normalized spacial score (nSPS) is 11.0. The van der Waals surface area contributed by atoms with Gasteiger partial charge in [-0.25, -0.2) is 14.8 Å². The molecule has 1 heterocycles. The summed E-state index contributed by atoms with van der Waals surface area (Å²) in [4.78, 5) is 18.9. The molecule has 1 aromatic heterocycles. The number of ether oxygens (including phenoxy) is 2. The molecule has 0 spiro atoms. The summed E-state index contributed by atoms with van der Waals surface area (Å²) in [6.45, 7) is 5.09. The molecule has 0 amide bonds. The maximum atomic E-state index is 11.3. The van der Waals surface area contributed by atoms with Gasteiger partial charge in [0.2, 0.25) is 0 Å². The second-order valence-corrected chi connectivity index (χ2v) is 4.39. The molecule has 0 aliphatic carbocycles. The highest BCUT2D eigenvalue weighted by Crippen LogP contribution is 2.17. The molecule has 5 nitrogen and oxygen atoms in total. The quantitative estimate of drug-likeness (QED) is 0.760. The van der Waals surface area contributed by atoms with E-state index in [0.29, 0.717) is 0 Å². The topological polar surface area (TPSA) is 61.3 Å². The van der Waals surface area contributed by atoms with E-state index in [4.69, 9.17) is 21.1 Å². The maximum Gasteiger partial charge on any atom is 0.344 e. The number of hydrogen-bond acceptors (Lipinski definition) is 5. The molecule has 0 saturated carbocycles. The van der Waals surface area contributed by atoms with Crippen LogP contribution in [0.25, 0.3) is 0 Å². The number of carbonyl (C=O) groups excluding carboxylic acids is 1. The molecular formula is C10H13ClN2O3. The lowest BCUT2D eigenvalue weighted by molar-refractivity contribution is -0.157. The van der Waals surface area contributed by atoms with E-state index in [1.807, 2.05) is 0 Å². The van der Waals surface area contributed by atoms with Gasteiger partial charge in [0.15, 0.2) is 11.8 Å². The lowest BCUT2D eigenvalue weighted by Gasteiger charge is -2.19. The molecule has 0 N–H and O–H groups in total. The van der Waals surface area contributed by atoms with Crippen LogP contribution in [0.1, 0.15) is 20.8 Å². The van der Waals surface area contributed by atoms with Gasteiger partial charge in [-0.1, -0.05) is 11.6 Å². The van der Waals surface area contributed by atoms with Crippen molar-refractivity contribution in [3.8, 4) is 5.88 Å². The van der Waals surface area contributed by atoms with Crippen LogP contribution in [0.15, 0.2) is 12.4 Å². The van der Waals surface area contributed by atoms with Crippen molar-refractivity contribution >= 4 is 17.6 Å². The standard InChI is InChI=1S/C10H13ClN2O3/c1-10(2,3)16-7(14)6-15-9-8(11)12-4-5-13-9/h4-5H,6H2,1-3H3. The predicted molar refractivity (Wildman–Crippen MR) is 58.4 cm³/mol. The van der Waals surface area contributed by atoms with Crippen LogP contribution in [0, 0.1) is 0 Å². The van der Waals surface area contributed by atoms with Crippen molar-refractivity contribution in [1.82, 2.24) is 9.97 Å². The molecule has 0 bridgehead atoms. The van der Waals surface area contributed by atoms with Crippen molar-refractivity contribution in [2.75, 3.05) is 6.61 Å². The van der Waals surface area contributed by atoms with Crippen LogP contribution in [-0.4, -0.2) is 28.1 Å². The minimum atomic E-state index is -0.535. The Morgan fingerprint density at radius 2 is 2.00 bits per heavy atom. The summed E-state index contributed by atoms with van der Waals surface area (Å²) in [5.41, 5.74) is -0.535. The first-order chi connectivity index (χ1) is 7.38. The SMILES string of the molecule is CC(C)(C)OC(=O)COc1nccnc1Cl. The second kappa shape index (κ2) is 5.12. The summed E-state index contributed by atoms with van der Waals surface area (Å²) in [6.07, 6.45) is 2.86. The molecule has 0 aliphatic rings. The smallest absolute Gasteiger partial charge is 0.344 e. The summed E-state index contributed by atoms with van der Waals surface area (Å²) in [7, 11) is 0. The minimum Gasteiger partial charge on any atom is -0.463 e. The van der Waals surface area contributed by atoms with Crippen molar-refractivity contribution < 1.29 is 14.3 Å². The summed E-state index contributed by atoms with van der Waals surface area (Å²) in [5, 5.41) is 0.117. The zero-order valence-electron chi connectivity index (χ0n) is 9.36. The van der Waals surface area contributed by atoms with Gasteiger partial charge < -0.3 is 9.47 Å². The fourth-order valence-electron chi connectivity index (χ4n) is 0.903. The fourth-order valence-corrected chi connectivity index (χ4v) is 1.06. The third kappa shape index (κ3) is 4.44. The number of halogens is 1. The second-order valence-electron chi connectivity index (χ2n) is 4.03. The van der Waals surface area contributed by atoms with E-state index in [9.17, 15) is 4.79 Å². The highest BCUT2D eigenvalue weighted by Gasteiger charge is 2.17. The molecule has 0 saturated heterocycles. The lowest BCUT2D eigenvalue weighted by atomic mass is 10.2. The highest BCUT2D eigenvalue weighted by atomic mass is 35.5. The fraction of sp³-hybridized carbons (Fsp3) is 0.500. The van der Waals surface area contributed by atoms with Crippen LogP contribution in [0.3, 0.4) is 0 Å². The Labute approximate surface area is 98.8 Å². The van der Waals surface area contributed by atoms with E-state index in [-0.39, 0.29) is 17.6 Å². The third-order valence-corrected chi connectivity index (χ3v) is 1.63. The molecule has 1 rings (SSSR count). The summed E-state index contributed by atoms with van der Waals surface area (Å²) in [5.74, 6) is -0.357. The van der Waals surface area contributed by atoms with Crippen LogP contribution < -0.4 is 4.74 Å². The van der Waals surface area contributed by atoms with Gasteiger partial charge in [-0.05, 0) is 20.8 Å². The van der Waals surface area contributed by atoms with E-state index in [1.165, 1.54) is 12.4 Å². The molecule has 6 heteroatoms. The van der Waals surface area contributed by atoms with Crippen molar-refractivity contribution in [2.45, 2.75) is 26.4 Å². The number of rotatable bonds is 3. The Hall–Kier alpha value is -1.36. The Morgan fingerprint density at radius 1 is 1.38 bits per heavy atom. The van der Waals surface area contributed by atoms with E-state index in [2.05, 4.69) is 9.97 Å². The largest absolute Gasteiger partial charge is 0.463 e. The predicted octanol–water partition coefficient (Wildman–Crippen LogP) is 1.85. The van der Waals surface area contributed by atoms with E-state index < -0.39 is 11.6 Å². The molecule has 88 valence electrons. The Balaban J connectivity index is 2.47. The van der Waals surface area contributed by atoms with Crippen LogP contribution in [0.2, 0.25) is 5.15 Å². The number of hydrogen-bond donors (Lipinski definition) is 0. The van der Waals surface area contributed by atoms with E-state index in [1.54, 1.807) is 20.8 Å². The van der Waals surface area contributed by atoms with Crippen LogP contribution in [0.4, 0.5) is 0 Å². The van der Waals surface area contributed by atoms with Crippen molar-refractivity contribution in [3.63, 3.8) is 0 Å². The van der Waals surface area contributed by atoms with Gasteiger partial charge in [-0.15, -0.1) is 0 Å². The molecule has 0 radical (unpaired) electrons. The van der Waals surface area contributed by atoms with E-state index >= 15 is 0 Å². The van der Waals surface area contributed by atoms with Crippen molar-refractivity contribution in [3.05, 3.63) is 17.5 Å². The molecular weight excluding hydrogens is 232 g/mol. The maximum absolute atomic E-state index is 11.3. The zero-order chi connectivity index (χ0) is 12.2. The van der Waals surface area contributed by atoms with Gasteiger partial charge in [0, 0.05) is 12.4 Å². The van der Waals surface area contributed by atoms with Gasteiger partial charge >= 0.3 is 5.97 Å². The molecule has 0 unspecified atom stereocenters. The molecule has 1 aromatic rings. The van der Waals surface area contributed by atoms with Crippen LogP contribution >= 0.6 is 11.6 Å². The third-order valence-electron chi connectivity index (χ3n) is 1.37. The number of esters is 1. The van der Waals surface area contributed by atoms with Crippen molar-refractivity contribution in [2.24, 2.45) is 0 Å². The molecule has 16 heavy (non-hydrogen) atoms. The van der Waals surface area contributed by atoms with Gasteiger partial charge in [0.05, 0.1) is 0 Å². The first kappa shape index (κ1) is 12.7. The first-order valence-corrected chi connectivity index (χ1v) is 5.07. The summed E-state index contributed by atoms with van der Waals surface area (Å²) >= 11 is 5.69. The summed E-state index contributed by atoms with van der Waals surface area (Å²) in [6, 6.07) is 0. The van der Waals surface area contributed by atoms with Crippen LogP contribution in [-0.2, 0) is 9.53 Å². The van der Waals surface area contributed by atoms with Crippen LogP contribution in [0.5, 0.6) is 5.88 Å². The monoisotopic (exact) mass is 244 g/mol. The van der Waals surface area contributed by atoms with Gasteiger partial charge in [0.1, 0.15) is 5.60 Å². The number of nitrogens with zero attached hydrogens (tertiary/aromatic N) is 2. The molecule has 0 fully saturated rings. The van der Waals surface area contributed by atoms with E-state index in [0.717, 1.165) is 0 Å². The number of aromatic nitrogens is 2. The Bertz CT molecular complexity index is 377. The van der Waals surface area contributed by atoms with Gasteiger partial charge in [0.25, 0.3) is 5.88 Å². The zero-order valence-corrected chi connectivity index (χ0v) is 10.1. The molecule has 0 aromatic carbocycles. The average Bonchev–Trinajstić information content (AvgIpc) is 2.14. The Morgan fingerprint density at radius 3 is 2.56 bits per heavy atom. The van der Waals surface area contributed by atoms with Gasteiger partial charge in [-0.2, -0.15) is 0 Å². The molecule has 0 aliphatic heterocycles. The average molecular weight is 245 g/mol. The Kier molecular flexibility index (Phi) is 4.06.